The molecule has 0 spiro atoms. The summed E-state index contributed by atoms with van der Waals surface area (Å²) < 4.78 is 38.7. The van der Waals surface area contributed by atoms with Gasteiger partial charge in [0.05, 0.1) is 13.2 Å². The monoisotopic (exact) mass is 209 g/mol. The third kappa shape index (κ3) is 7.56. The molecule has 0 aromatic heterocycles. The number of hydrogen-bond donors (Lipinski definition) is 1. The minimum Gasteiger partial charge on any atom is -0.468 e. The van der Waals surface area contributed by atoms with E-state index in [0.717, 1.165) is 7.11 Å². The zero-order chi connectivity index (χ0) is 9.07. The van der Waals surface area contributed by atoms with Crippen molar-refractivity contribution in [2.75, 3.05) is 7.11 Å². The summed E-state index contributed by atoms with van der Waals surface area (Å²) in [5, 5.41) is 0. The molecule has 0 aromatic rings. The number of carbonyl (C=O) groups is 1. The maximum atomic E-state index is 11.6. The predicted octanol–water partition coefficient (Wildman–Crippen LogP) is -2.66. The van der Waals surface area contributed by atoms with Crippen LogP contribution in [0.5, 0.6) is 0 Å². The van der Waals surface area contributed by atoms with Gasteiger partial charge in [-0.25, -0.2) is 0 Å². The molecule has 12 heavy (non-hydrogen) atoms. The number of rotatable bonds is 3. The van der Waals surface area contributed by atoms with Crippen LogP contribution in [0.2, 0.25) is 6.32 Å². The summed E-state index contributed by atoms with van der Waals surface area (Å²) in [6, 6.07) is -1.58. The molecule has 0 amide bonds. The second-order valence-electron chi connectivity index (χ2n) is 2.08. The van der Waals surface area contributed by atoms with Crippen molar-refractivity contribution < 1.29 is 73.9 Å². The van der Waals surface area contributed by atoms with E-state index >= 15 is 0 Å². The van der Waals surface area contributed by atoms with Crippen molar-refractivity contribution in [3.8, 4) is 0 Å². The van der Waals surface area contributed by atoms with Gasteiger partial charge in [0, 0.05) is 0 Å². The molecule has 0 rings (SSSR count). The standard InChI is InChI=1S/C4H8BF3NO2.K/c1-11-4(10)3(9)2-5(6,7)8;/h3H,2,9H2,1H3;/q-1;+1. The molecule has 8 heteroatoms. The average Bonchev–Trinajstić information content (AvgIpc) is 1.82. The van der Waals surface area contributed by atoms with Crippen molar-refractivity contribution >= 4 is 12.9 Å². The van der Waals surface area contributed by atoms with E-state index in [1.54, 1.807) is 0 Å². The summed E-state index contributed by atoms with van der Waals surface area (Å²) in [5.41, 5.74) is 4.83. The van der Waals surface area contributed by atoms with E-state index in [-0.39, 0.29) is 51.4 Å². The van der Waals surface area contributed by atoms with Crippen LogP contribution in [-0.4, -0.2) is 26.1 Å². The molecule has 0 fully saturated rings. The fourth-order valence-corrected chi connectivity index (χ4v) is 0.536. The van der Waals surface area contributed by atoms with Gasteiger partial charge in [0.15, 0.2) is 0 Å². The van der Waals surface area contributed by atoms with Gasteiger partial charge in [0.1, 0.15) is 0 Å². The Balaban J connectivity index is 0. The van der Waals surface area contributed by atoms with Gasteiger partial charge in [-0.3, -0.25) is 4.79 Å². The summed E-state index contributed by atoms with van der Waals surface area (Å²) in [7, 11) is 0.992. The molecule has 0 bridgehead atoms. The summed E-state index contributed by atoms with van der Waals surface area (Å²) >= 11 is 0. The van der Waals surface area contributed by atoms with Gasteiger partial charge in [-0.2, -0.15) is 0 Å². The van der Waals surface area contributed by atoms with Crippen molar-refractivity contribution in [1.29, 1.82) is 0 Å². The van der Waals surface area contributed by atoms with Crippen molar-refractivity contribution in [2.24, 2.45) is 5.73 Å². The Morgan fingerprint density at radius 1 is 1.58 bits per heavy atom. The Morgan fingerprint density at radius 3 is 2.25 bits per heavy atom. The maximum absolute atomic E-state index is 11.6. The molecular weight excluding hydrogens is 201 g/mol. The van der Waals surface area contributed by atoms with Gasteiger partial charge in [-0.05, 0) is 0 Å². The number of methoxy groups -OCH3 is 1. The zero-order valence-electron chi connectivity index (χ0n) is 6.89. The van der Waals surface area contributed by atoms with Crippen molar-refractivity contribution in [2.45, 2.75) is 12.4 Å². The second kappa shape index (κ2) is 6.39. The molecule has 66 valence electrons. The number of ether oxygens (including phenoxy) is 1. The van der Waals surface area contributed by atoms with Crippen LogP contribution in [0.25, 0.3) is 0 Å². The number of carbonyl (C=O) groups excluding carboxylic acids is 1. The summed E-state index contributed by atoms with van der Waals surface area (Å²) in [6.45, 7) is -5.01. The molecule has 0 radical (unpaired) electrons. The number of halogens is 3. The Morgan fingerprint density at radius 2 is 2.00 bits per heavy atom. The summed E-state index contributed by atoms with van der Waals surface area (Å²) in [6.07, 6.45) is -1.29. The van der Waals surface area contributed by atoms with Crippen LogP contribution in [-0.2, 0) is 9.53 Å². The van der Waals surface area contributed by atoms with Crippen LogP contribution in [0, 0.1) is 0 Å². The quantitative estimate of drug-likeness (QED) is 0.407. The van der Waals surface area contributed by atoms with Crippen molar-refractivity contribution in [3.63, 3.8) is 0 Å². The van der Waals surface area contributed by atoms with E-state index in [0.29, 0.717) is 0 Å². The first kappa shape index (κ1) is 15.4. The summed E-state index contributed by atoms with van der Waals surface area (Å²) in [5.74, 6) is -1.04. The molecule has 0 aromatic carbocycles. The summed E-state index contributed by atoms with van der Waals surface area (Å²) in [4.78, 5) is 10.4. The molecule has 3 nitrogen and oxygen atoms in total. The molecule has 0 aliphatic rings. The maximum Gasteiger partial charge on any atom is 1.00 e. The third-order valence-electron chi connectivity index (χ3n) is 1.03. The zero-order valence-corrected chi connectivity index (χ0v) is 10.0. The van der Waals surface area contributed by atoms with Gasteiger partial charge in [0.25, 0.3) is 0 Å². The van der Waals surface area contributed by atoms with E-state index in [4.69, 9.17) is 5.73 Å². The van der Waals surface area contributed by atoms with Crippen LogP contribution in [0.1, 0.15) is 0 Å². The molecule has 0 aliphatic heterocycles. The second-order valence-corrected chi connectivity index (χ2v) is 2.08. The van der Waals surface area contributed by atoms with Gasteiger partial charge < -0.3 is 23.4 Å². The molecule has 0 heterocycles. The average molecular weight is 209 g/mol. The van der Waals surface area contributed by atoms with Gasteiger partial charge in [-0.15, -0.1) is 0 Å². The van der Waals surface area contributed by atoms with Gasteiger partial charge >= 0.3 is 64.3 Å². The first-order chi connectivity index (χ1) is 4.87. The van der Waals surface area contributed by atoms with E-state index in [1.165, 1.54) is 0 Å². The number of nitrogens with two attached hydrogens (primary N) is 1. The van der Waals surface area contributed by atoms with E-state index in [1.807, 2.05) is 0 Å². The Bertz CT molecular complexity index is 154. The molecular formula is C4H8BF3KNO2. The Hall–Kier alpha value is 0.921. The predicted molar refractivity (Wildman–Crippen MR) is 33.9 cm³/mol. The van der Waals surface area contributed by atoms with Crippen molar-refractivity contribution in [1.82, 2.24) is 0 Å². The van der Waals surface area contributed by atoms with Crippen LogP contribution in [0.3, 0.4) is 0 Å². The van der Waals surface area contributed by atoms with Crippen LogP contribution >= 0.6 is 0 Å². The van der Waals surface area contributed by atoms with E-state index < -0.39 is 25.3 Å². The smallest absolute Gasteiger partial charge is 0.468 e. The van der Waals surface area contributed by atoms with Gasteiger partial charge in [0.2, 0.25) is 0 Å². The molecule has 0 saturated carbocycles. The van der Waals surface area contributed by atoms with E-state index in [2.05, 4.69) is 4.74 Å². The molecule has 0 saturated heterocycles. The van der Waals surface area contributed by atoms with E-state index in [9.17, 15) is 17.7 Å². The molecule has 2 N–H and O–H groups in total. The molecule has 1 atom stereocenters. The van der Waals surface area contributed by atoms with Crippen LogP contribution in [0.15, 0.2) is 0 Å². The number of esters is 1. The fraction of sp³-hybridized carbons (Fsp3) is 0.750. The van der Waals surface area contributed by atoms with Crippen LogP contribution < -0.4 is 57.1 Å². The topological polar surface area (TPSA) is 52.3 Å². The fourth-order valence-electron chi connectivity index (χ4n) is 0.536. The Kier molecular flexibility index (Phi) is 8.19. The minimum atomic E-state index is -5.01. The van der Waals surface area contributed by atoms with Crippen LogP contribution in [0.4, 0.5) is 12.9 Å². The SMILES string of the molecule is COC(=O)C(N)C[B-](F)(F)F.[K+]. The minimum absolute atomic E-state index is 0. The number of hydrogen-bond acceptors (Lipinski definition) is 3. The molecule has 0 aliphatic carbocycles. The first-order valence-corrected chi connectivity index (χ1v) is 2.91. The largest absolute Gasteiger partial charge is 1.00 e. The van der Waals surface area contributed by atoms with Gasteiger partial charge in [-0.1, -0.05) is 6.32 Å². The normalized spacial score (nSPS) is 13.1. The van der Waals surface area contributed by atoms with Crippen molar-refractivity contribution in [3.05, 3.63) is 0 Å². The third-order valence-corrected chi connectivity index (χ3v) is 1.03. The Labute approximate surface area is 111 Å². The first-order valence-electron chi connectivity index (χ1n) is 2.91. The molecule has 1 unspecified atom stereocenters.